The minimum atomic E-state index is -0.690. The number of ether oxygens (including phenoxy) is 1. The molecule has 0 fully saturated rings. The molecule has 0 saturated heterocycles. The standard InChI is InChI=1S/C22H24ClNO4/c1-22(2,3)15-9-11-16(12-10-15)27-14-5-4-13-24-19-17(7-6-8-18(19)23)20(25)28-21(24)26/h6-12H,4-5,13-14H2,1-3H3. The van der Waals surface area contributed by atoms with E-state index in [1.165, 1.54) is 10.1 Å². The lowest BCUT2D eigenvalue weighted by Crippen LogP contribution is -2.25. The minimum Gasteiger partial charge on any atom is -0.494 e. The van der Waals surface area contributed by atoms with Crippen LogP contribution >= 0.6 is 11.6 Å². The van der Waals surface area contributed by atoms with Crippen LogP contribution in [0.25, 0.3) is 10.9 Å². The van der Waals surface area contributed by atoms with Crippen molar-refractivity contribution in [2.24, 2.45) is 0 Å². The number of fused-ring (bicyclic) bond motifs is 1. The summed E-state index contributed by atoms with van der Waals surface area (Å²) in [6.45, 7) is 7.45. The van der Waals surface area contributed by atoms with Crippen LogP contribution in [0.15, 0.2) is 56.5 Å². The number of hydrogen-bond donors (Lipinski definition) is 0. The number of aromatic nitrogens is 1. The molecule has 2 aromatic carbocycles. The number of benzene rings is 2. The number of hydrogen-bond acceptors (Lipinski definition) is 4. The molecule has 0 unspecified atom stereocenters. The Hall–Kier alpha value is -2.53. The van der Waals surface area contributed by atoms with Gasteiger partial charge in [0.1, 0.15) is 5.75 Å². The minimum absolute atomic E-state index is 0.112. The molecule has 0 amide bonds. The van der Waals surface area contributed by atoms with E-state index in [1.807, 2.05) is 12.1 Å². The molecule has 6 heteroatoms. The van der Waals surface area contributed by atoms with Crippen LogP contribution in [-0.4, -0.2) is 11.2 Å². The highest BCUT2D eigenvalue weighted by Crippen LogP contribution is 2.24. The van der Waals surface area contributed by atoms with Crippen LogP contribution in [0.4, 0.5) is 0 Å². The van der Waals surface area contributed by atoms with Gasteiger partial charge in [-0.15, -0.1) is 0 Å². The average molecular weight is 402 g/mol. The van der Waals surface area contributed by atoms with Crippen LogP contribution in [0.5, 0.6) is 5.75 Å². The second-order valence-corrected chi connectivity index (χ2v) is 8.18. The second kappa shape index (κ2) is 8.23. The molecule has 0 N–H and O–H groups in total. The van der Waals surface area contributed by atoms with E-state index in [0.717, 1.165) is 12.2 Å². The highest BCUT2D eigenvalue weighted by atomic mass is 35.5. The summed E-state index contributed by atoms with van der Waals surface area (Å²) in [4.78, 5) is 24.0. The molecule has 0 aliphatic carbocycles. The summed E-state index contributed by atoms with van der Waals surface area (Å²) in [7, 11) is 0. The highest BCUT2D eigenvalue weighted by Gasteiger charge is 2.13. The van der Waals surface area contributed by atoms with Crippen molar-refractivity contribution in [1.29, 1.82) is 0 Å². The molecule has 0 bridgehead atoms. The molecule has 5 nitrogen and oxygen atoms in total. The molecule has 28 heavy (non-hydrogen) atoms. The fourth-order valence-electron chi connectivity index (χ4n) is 3.05. The summed E-state index contributed by atoms with van der Waals surface area (Å²) in [6, 6.07) is 13.0. The van der Waals surface area contributed by atoms with Crippen LogP contribution in [0, 0.1) is 0 Å². The monoisotopic (exact) mass is 401 g/mol. The van der Waals surface area contributed by atoms with Gasteiger partial charge in [-0.3, -0.25) is 4.57 Å². The SMILES string of the molecule is CC(C)(C)c1ccc(OCCCCn2c(=O)oc(=O)c3cccc(Cl)c32)cc1. The van der Waals surface area contributed by atoms with Crippen molar-refractivity contribution < 1.29 is 9.15 Å². The first-order valence-corrected chi connectivity index (χ1v) is 9.71. The zero-order chi connectivity index (χ0) is 20.3. The number of para-hydroxylation sites is 1. The van der Waals surface area contributed by atoms with Crippen molar-refractivity contribution in [3.63, 3.8) is 0 Å². The van der Waals surface area contributed by atoms with E-state index < -0.39 is 11.4 Å². The lowest BCUT2D eigenvalue weighted by Gasteiger charge is -2.19. The molecule has 1 aromatic heterocycles. The van der Waals surface area contributed by atoms with Gasteiger partial charge in [-0.2, -0.15) is 0 Å². The van der Waals surface area contributed by atoms with Crippen molar-refractivity contribution in [3.05, 3.63) is 74.0 Å². The van der Waals surface area contributed by atoms with Gasteiger partial charge in [0.25, 0.3) is 0 Å². The van der Waals surface area contributed by atoms with Gasteiger partial charge in [0.05, 0.1) is 22.5 Å². The van der Waals surface area contributed by atoms with Crippen LogP contribution in [0.2, 0.25) is 5.02 Å². The Balaban J connectivity index is 1.61. The van der Waals surface area contributed by atoms with E-state index in [-0.39, 0.29) is 5.41 Å². The van der Waals surface area contributed by atoms with E-state index in [2.05, 4.69) is 32.9 Å². The van der Waals surface area contributed by atoms with Gasteiger partial charge in [0.15, 0.2) is 0 Å². The largest absolute Gasteiger partial charge is 0.494 e. The van der Waals surface area contributed by atoms with Gasteiger partial charge in [-0.25, -0.2) is 9.59 Å². The fraction of sp³-hybridized carbons (Fsp3) is 0.364. The number of aryl methyl sites for hydroxylation is 1. The molecule has 148 valence electrons. The Labute approximate surface area is 168 Å². The summed E-state index contributed by atoms with van der Waals surface area (Å²) >= 11 is 6.21. The molecular formula is C22H24ClNO4. The Morgan fingerprint density at radius 3 is 2.43 bits per heavy atom. The number of rotatable bonds is 6. The molecule has 0 aliphatic heterocycles. The topological polar surface area (TPSA) is 61.4 Å². The summed E-state index contributed by atoms with van der Waals surface area (Å²) in [5.74, 6) is 0.133. The Bertz CT molecular complexity index is 1070. The fourth-order valence-corrected chi connectivity index (χ4v) is 3.33. The van der Waals surface area contributed by atoms with Crippen LogP contribution in [0.3, 0.4) is 0 Å². The number of nitrogens with zero attached hydrogens (tertiary/aromatic N) is 1. The van der Waals surface area contributed by atoms with Crippen molar-refractivity contribution >= 4 is 22.5 Å². The first-order chi connectivity index (χ1) is 13.3. The molecule has 0 spiro atoms. The maximum Gasteiger partial charge on any atom is 0.422 e. The highest BCUT2D eigenvalue weighted by molar-refractivity contribution is 6.35. The van der Waals surface area contributed by atoms with E-state index in [0.29, 0.717) is 35.5 Å². The van der Waals surface area contributed by atoms with Gasteiger partial charge in [0.2, 0.25) is 0 Å². The Morgan fingerprint density at radius 1 is 1.04 bits per heavy atom. The van der Waals surface area contributed by atoms with Crippen molar-refractivity contribution in [2.45, 2.75) is 45.6 Å². The van der Waals surface area contributed by atoms with Crippen molar-refractivity contribution in [2.75, 3.05) is 6.61 Å². The predicted octanol–water partition coefficient (Wildman–Crippen LogP) is 4.76. The summed E-state index contributed by atoms with van der Waals surface area (Å²) in [6.07, 6.45) is 1.44. The quantitative estimate of drug-likeness (QED) is 0.558. The maximum absolute atomic E-state index is 12.1. The Morgan fingerprint density at radius 2 is 1.75 bits per heavy atom. The van der Waals surface area contributed by atoms with Crippen LogP contribution < -0.4 is 16.1 Å². The van der Waals surface area contributed by atoms with E-state index in [9.17, 15) is 9.59 Å². The number of unbranched alkanes of at least 4 members (excludes halogenated alkanes) is 1. The summed E-state index contributed by atoms with van der Waals surface area (Å²) in [5.41, 5.74) is 1.12. The maximum atomic E-state index is 12.1. The molecule has 3 aromatic rings. The lowest BCUT2D eigenvalue weighted by atomic mass is 9.87. The van der Waals surface area contributed by atoms with E-state index in [4.69, 9.17) is 20.8 Å². The molecule has 1 heterocycles. The smallest absolute Gasteiger partial charge is 0.422 e. The lowest BCUT2D eigenvalue weighted by molar-refractivity contribution is 0.300. The van der Waals surface area contributed by atoms with Gasteiger partial charge in [-0.1, -0.05) is 50.6 Å². The van der Waals surface area contributed by atoms with Crippen LogP contribution in [-0.2, 0) is 12.0 Å². The Kier molecular flexibility index (Phi) is 5.94. The zero-order valence-electron chi connectivity index (χ0n) is 16.3. The average Bonchev–Trinajstić information content (AvgIpc) is 2.64. The third kappa shape index (κ3) is 4.47. The normalized spacial score (nSPS) is 11.7. The third-order valence-electron chi connectivity index (χ3n) is 4.64. The molecular weight excluding hydrogens is 378 g/mol. The van der Waals surface area contributed by atoms with Gasteiger partial charge in [0, 0.05) is 6.54 Å². The van der Waals surface area contributed by atoms with E-state index >= 15 is 0 Å². The third-order valence-corrected chi connectivity index (χ3v) is 4.95. The van der Waals surface area contributed by atoms with Crippen molar-refractivity contribution in [1.82, 2.24) is 4.57 Å². The molecule has 0 aliphatic rings. The van der Waals surface area contributed by atoms with E-state index in [1.54, 1.807) is 18.2 Å². The predicted molar refractivity (Wildman–Crippen MR) is 112 cm³/mol. The number of halogens is 1. The van der Waals surface area contributed by atoms with Crippen molar-refractivity contribution in [3.8, 4) is 5.75 Å². The second-order valence-electron chi connectivity index (χ2n) is 7.77. The molecule has 0 radical (unpaired) electrons. The van der Waals surface area contributed by atoms with Gasteiger partial charge in [-0.05, 0) is 48.1 Å². The molecule has 0 saturated carbocycles. The summed E-state index contributed by atoms with van der Waals surface area (Å²) < 4.78 is 12.0. The zero-order valence-corrected chi connectivity index (χ0v) is 17.1. The molecule has 0 atom stereocenters. The first kappa shape index (κ1) is 20.2. The van der Waals surface area contributed by atoms with Gasteiger partial charge < -0.3 is 9.15 Å². The molecule has 3 rings (SSSR count). The summed E-state index contributed by atoms with van der Waals surface area (Å²) in [5, 5.41) is 0.667. The van der Waals surface area contributed by atoms with Crippen LogP contribution in [0.1, 0.15) is 39.2 Å². The first-order valence-electron chi connectivity index (χ1n) is 9.33. The van der Waals surface area contributed by atoms with Gasteiger partial charge >= 0.3 is 11.4 Å².